The third kappa shape index (κ3) is 2.51. The van der Waals surface area contributed by atoms with Crippen LogP contribution in [0.5, 0.6) is 0 Å². The van der Waals surface area contributed by atoms with E-state index in [1.54, 1.807) is 26.0 Å². The molecule has 7 heteroatoms. The molecule has 1 aromatic carbocycles. The van der Waals surface area contributed by atoms with Crippen LogP contribution in [0.1, 0.15) is 16.8 Å². The summed E-state index contributed by atoms with van der Waals surface area (Å²) in [4.78, 5) is 23.4. The zero-order valence-electron chi connectivity index (χ0n) is 14.9. The molecular weight excluding hydrogens is 304 g/mol. The van der Waals surface area contributed by atoms with Gasteiger partial charge in [0.05, 0.1) is 22.4 Å². The monoisotopic (exact) mass is 326 g/mol. The Morgan fingerprint density at radius 1 is 1.08 bits per heavy atom. The predicted octanol–water partition coefficient (Wildman–Crippen LogP) is 3.00. The van der Waals surface area contributed by atoms with Crippen molar-refractivity contribution in [2.45, 2.75) is 20.8 Å². The summed E-state index contributed by atoms with van der Waals surface area (Å²) in [6.45, 7) is 6.03. The van der Waals surface area contributed by atoms with Crippen molar-refractivity contribution in [1.82, 2.24) is 25.1 Å². The first-order valence-corrected chi connectivity index (χ1v) is 7.77. The van der Waals surface area contributed by atoms with E-state index in [0.29, 0.717) is 11.5 Å². The number of carbonyl (C=O) groups excluding carboxylic acids is 1. The summed E-state index contributed by atoms with van der Waals surface area (Å²) in [6.07, 6.45) is 0. The van der Waals surface area contributed by atoms with Gasteiger partial charge < -0.3 is 9.88 Å². The second kappa shape index (κ2) is 5.67. The van der Waals surface area contributed by atoms with Crippen molar-refractivity contribution in [2.24, 2.45) is 0 Å². The average molecular weight is 326 g/mol. The number of aryl methyl sites for hydroxylation is 3. The van der Waals surface area contributed by atoms with Crippen LogP contribution in [0.4, 0.5) is 10.5 Å². The van der Waals surface area contributed by atoms with E-state index in [1.165, 1.54) is 16.0 Å². The Kier molecular flexibility index (Phi) is 3.79. The minimum absolute atomic E-state index is 0.122. The maximum Gasteiger partial charge on any atom is 0.323 e. The number of nitrogens with one attached hydrogen (secondary N) is 2. The Morgan fingerprint density at radius 3 is 2.42 bits per heavy atom. The number of anilines is 1. The minimum Gasteiger partial charge on any atom is -0.337 e. The fourth-order valence-electron chi connectivity index (χ4n) is 2.78. The molecule has 0 radical (unpaired) electrons. The van der Waals surface area contributed by atoms with Gasteiger partial charge in [-0.1, -0.05) is 0 Å². The predicted molar refractivity (Wildman–Crippen MR) is 95.4 cm³/mol. The summed E-state index contributed by atoms with van der Waals surface area (Å²) in [5.74, 6) is 0.646. The molecule has 2 N–H and O–H groups in total. The molecule has 24 heavy (non-hydrogen) atoms. The largest absolute Gasteiger partial charge is 0.337 e. The van der Waals surface area contributed by atoms with Gasteiger partial charge in [0.1, 0.15) is 0 Å². The number of imidazole rings is 1. The Bertz CT molecular complexity index is 882. The van der Waals surface area contributed by atoms with E-state index in [2.05, 4.69) is 46.1 Å². The molecule has 0 spiro atoms. The molecule has 0 bridgehead atoms. The number of hydrogen-bond donors (Lipinski definition) is 2. The number of benzene rings is 1. The van der Waals surface area contributed by atoms with Crippen LogP contribution in [0.2, 0.25) is 0 Å². The van der Waals surface area contributed by atoms with E-state index in [9.17, 15) is 4.79 Å². The van der Waals surface area contributed by atoms with Crippen LogP contribution in [0, 0.1) is 20.8 Å². The molecule has 0 atom stereocenters. The molecule has 2 amide bonds. The van der Waals surface area contributed by atoms with E-state index in [0.717, 1.165) is 22.4 Å². The zero-order valence-corrected chi connectivity index (χ0v) is 14.9. The molecular formula is C17H22N6O. The zero-order chi connectivity index (χ0) is 17.6. The lowest BCUT2D eigenvalue weighted by Gasteiger charge is -2.22. The smallest absolute Gasteiger partial charge is 0.323 e. The first-order valence-electron chi connectivity index (χ1n) is 7.77. The summed E-state index contributed by atoms with van der Waals surface area (Å²) >= 11 is 0. The van der Waals surface area contributed by atoms with Gasteiger partial charge in [0, 0.05) is 21.1 Å². The third-order valence-corrected chi connectivity index (χ3v) is 4.24. The molecule has 3 rings (SSSR count). The quantitative estimate of drug-likeness (QED) is 0.759. The van der Waals surface area contributed by atoms with Crippen LogP contribution >= 0.6 is 0 Å². The van der Waals surface area contributed by atoms with Crippen molar-refractivity contribution >= 4 is 22.8 Å². The molecule has 0 aliphatic carbocycles. The molecule has 0 saturated carbocycles. The van der Waals surface area contributed by atoms with Gasteiger partial charge in [-0.3, -0.25) is 10.00 Å². The average Bonchev–Trinajstić information content (AvgIpc) is 3.09. The fourth-order valence-corrected chi connectivity index (χ4v) is 2.78. The number of hydrogen-bond acceptors (Lipinski definition) is 3. The number of urea groups is 1. The van der Waals surface area contributed by atoms with Crippen LogP contribution in [0.25, 0.3) is 22.6 Å². The number of amides is 2. The highest BCUT2D eigenvalue weighted by atomic mass is 16.2. The van der Waals surface area contributed by atoms with Crippen molar-refractivity contribution in [3.8, 4) is 11.5 Å². The lowest BCUT2D eigenvalue weighted by atomic mass is 10.1. The Labute approximate surface area is 140 Å². The van der Waals surface area contributed by atoms with Gasteiger partial charge in [-0.05, 0) is 44.0 Å². The molecule has 0 aliphatic rings. The number of aromatic nitrogens is 4. The van der Waals surface area contributed by atoms with E-state index in [1.807, 2.05) is 6.92 Å². The summed E-state index contributed by atoms with van der Waals surface area (Å²) in [5, 5.41) is 7.31. The molecule has 126 valence electrons. The molecule has 0 aliphatic heterocycles. The van der Waals surface area contributed by atoms with Gasteiger partial charge in [-0.2, -0.15) is 5.10 Å². The maximum absolute atomic E-state index is 12.3. The van der Waals surface area contributed by atoms with Crippen LogP contribution in [0.15, 0.2) is 12.1 Å². The number of rotatable bonds is 2. The van der Waals surface area contributed by atoms with Gasteiger partial charge in [0.25, 0.3) is 0 Å². The molecule has 2 aromatic heterocycles. The van der Waals surface area contributed by atoms with Gasteiger partial charge in [0.15, 0.2) is 11.5 Å². The Balaban J connectivity index is 2.12. The standard InChI is InChI=1S/C17H22N6O/c1-9-7-12-13(8-10(9)2)19-16(18-12)14-15(11(3)20-21-14)23(6)17(24)22(4)5/h7-8H,1-6H3,(H,18,19)(H,20,21). The summed E-state index contributed by atoms with van der Waals surface area (Å²) in [6, 6.07) is 4.01. The summed E-state index contributed by atoms with van der Waals surface area (Å²) in [5.41, 5.74) is 6.42. The van der Waals surface area contributed by atoms with Crippen LogP contribution in [-0.4, -0.2) is 52.2 Å². The Hall–Kier alpha value is -2.83. The van der Waals surface area contributed by atoms with Crippen molar-refractivity contribution in [2.75, 3.05) is 26.0 Å². The van der Waals surface area contributed by atoms with E-state index >= 15 is 0 Å². The first-order chi connectivity index (χ1) is 11.3. The second-order valence-electron chi connectivity index (χ2n) is 6.32. The molecule has 7 nitrogen and oxygen atoms in total. The van der Waals surface area contributed by atoms with E-state index in [-0.39, 0.29) is 6.03 Å². The van der Waals surface area contributed by atoms with Crippen molar-refractivity contribution in [1.29, 1.82) is 0 Å². The number of carbonyl (C=O) groups is 1. The highest BCUT2D eigenvalue weighted by Gasteiger charge is 2.23. The van der Waals surface area contributed by atoms with E-state index < -0.39 is 0 Å². The normalized spacial score (nSPS) is 11.1. The Morgan fingerprint density at radius 2 is 1.75 bits per heavy atom. The number of nitrogens with zero attached hydrogens (tertiary/aromatic N) is 4. The maximum atomic E-state index is 12.3. The molecule has 0 saturated heterocycles. The van der Waals surface area contributed by atoms with Gasteiger partial charge in [-0.15, -0.1) is 0 Å². The second-order valence-corrected chi connectivity index (χ2v) is 6.32. The lowest BCUT2D eigenvalue weighted by molar-refractivity contribution is 0.225. The number of aromatic amines is 2. The van der Waals surface area contributed by atoms with Crippen LogP contribution < -0.4 is 4.90 Å². The molecule has 0 unspecified atom stereocenters. The van der Waals surface area contributed by atoms with Crippen molar-refractivity contribution in [3.05, 3.63) is 29.0 Å². The highest BCUT2D eigenvalue weighted by molar-refractivity contribution is 5.96. The minimum atomic E-state index is -0.122. The topological polar surface area (TPSA) is 80.9 Å². The summed E-state index contributed by atoms with van der Waals surface area (Å²) < 4.78 is 0. The van der Waals surface area contributed by atoms with Crippen molar-refractivity contribution in [3.63, 3.8) is 0 Å². The van der Waals surface area contributed by atoms with Crippen LogP contribution in [0.3, 0.4) is 0 Å². The lowest BCUT2D eigenvalue weighted by Crippen LogP contribution is -2.36. The van der Waals surface area contributed by atoms with Gasteiger partial charge in [0.2, 0.25) is 0 Å². The molecule has 0 fully saturated rings. The third-order valence-electron chi connectivity index (χ3n) is 4.24. The molecule has 2 heterocycles. The molecule has 3 aromatic rings. The first kappa shape index (κ1) is 16.0. The van der Waals surface area contributed by atoms with Gasteiger partial charge in [-0.25, -0.2) is 9.78 Å². The fraction of sp³-hybridized carbons (Fsp3) is 0.353. The highest BCUT2D eigenvalue weighted by Crippen LogP contribution is 2.31. The van der Waals surface area contributed by atoms with E-state index in [4.69, 9.17) is 0 Å². The number of H-pyrrole nitrogens is 2. The van der Waals surface area contributed by atoms with Crippen LogP contribution in [-0.2, 0) is 0 Å². The SMILES string of the molecule is Cc1cc2nc(-c3n[nH]c(C)c3N(C)C(=O)N(C)C)[nH]c2cc1C. The summed E-state index contributed by atoms with van der Waals surface area (Å²) in [7, 11) is 5.18. The van der Waals surface area contributed by atoms with Crippen molar-refractivity contribution < 1.29 is 4.79 Å². The van der Waals surface area contributed by atoms with Gasteiger partial charge >= 0.3 is 6.03 Å². The number of fused-ring (bicyclic) bond motifs is 1.